The molecule has 4 nitrogen and oxygen atoms in total. The molecular formula is C14H25NO3. The molecule has 0 radical (unpaired) electrons. The molecule has 0 aromatic carbocycles. The molecule has 1 rings (SSSR count). The van der Waals surface area contributed by atoms with E-state index in [2.05, 4.69) is 5.32 Å². The molecule has 0 heterocycles. The Bertz CT molecular complexity index is 293. The summed E-state index contributed by atoms with van der Waals surface area (Å²) in [6.45, 7) is 3.66. The van der Waals surface area contributed by atoms with Gasteiger partial charge in [0.15, 0.2) is 0 Å². The molecule has 0 bridgehead atoms. The van der Waals surface area contributed by atoms with Crippen LogP contribution in [-0.2, 0) is 9.53 Å². The fraction of sp³-hybridized carbons (Fsp3) is 0.786. The van der Waals surface area contributed by atoms with Gasteiger partial charge in [0, 0.05) is 30.7 Å². The van der Waals surface area contributed by atoms with Gasteiger partial charge in [0.25, 0.3) is 0 Å². The van der Waals surface area contributed by atoms with Crippen LogP contribution in [0.1, 0.15) is 39.0 Å². The highest BCUT2D eigenvalue weighted by Crippen LogP contribution is 2.36. The van der Waals surface area contributed by atoms with Crippen LogP contribution >= 0.6 is 0 Å². The van der Waals surface area contributed by atoms with Crippen LogP contribution in [0.3, 0.4) is 0 Å². The highest BCUT2D eigenvalue weighted by molar-refractivity contribution is 5.88. The number of carbonyl (C=O) groups excluding carboxylic acids is 1. The number of hydrogen-bond donors (Lipinski definition) is 2. The van der Waals surface area contributed by atoms with Crippen LogP contribution in [0.4, 0.5) is 0 Å². The number of nitrogens with one attached hydrogen (secondary N) is 1. The molecule has 0 aliphatic heterocycles. The van der Waals surface area contributed by atoms with Crippen molar-refractivity contribution in [1.29, 1.82) is 0 Å². The van der Waals surface area contributed by atoms with Crippen molar-refractivity contribution in [1.82, 2.24) is 5.32 Å². The summed E-state index contributed by atoms with van der Waals surface area (Å²) in [5.41, 5.74) is 0.764. The van der Waals surface area contributed by atoms with Crippen LogP contribution in [0.25, 0.3) is 0 Å². The van der Waals surface area contributed by atoms with Crippen LogP contribution in [0.2, 0.25) is 0 Å². The van der Waals surface area contributed by atoms with E-state index in [9.17, 15) is 9.90 Å². The lowest BCUT2D eigenvalue weighted by Crippen LogP contribution is -2.35. The zero-order valence-electron chi connectivity index (χ0n) is 11.5. The second-order valence-corrected chi connectivity index (χ2v) is 5.07. The van der Waals surface area contributed by atoms with Gasteiger partial charge in [0.1, 0.15) is 0 Å². The van der Waals surface area contributed by atoms with Crippen molar-refractivity contribution < 1.29 is 14.6 Å². The van der Waals surface area contributed by atoms with E-state index in [-0.39, 0.29) is 18.0 Å². The highest BCUT2D eigenvalue weighted by atomic mass is 16.5. The van der Waals surface area contributed by atoms with Crippen molar-refractivity contribution in [3.05, 3.63) is 11.6 Å². The quantitative estimate of drug-likeness (QED) is 0.412. The maximum absolute atomic E-state index is 11.4. The van der Waals surface area contributed by atoms with Gasteiger partial charge < -0.3 is 15.2 Å². The van der Waals surface area contributed by atoms with Gasteiger partial charge in [0.2, 0.25) is 0 Å². The minimum Gasteiger partial charge on any atom is -0.466 e. The van der Waals surface area contributed by atoms with Crippen LogP contribution in [0.15, 0.2) is 11.6 Å². The summed E-state index contributed by atoms with van der Waals surface area (Å²) < 4.78 is 4.70. The van der Waals surface area contributed by atoms with Crippen molar-refractivity contribution in [3.63, 3.8) is 0 Å². The van der Waals surface area contributed by atoms with Crippen LogP contribution in [-0.4, -0.2) is 37.9 Å². The second-order valence-electron chi connectivity index (χ2n) is 5.07. The Balaban J connectivity index is 2.36. The molecule has 1 aliphatic rings. The molecule has 0 spiro atoms. The van der Waals surface area contributed by atoms with E-state index >= 15 is 0 Å². The van der Waals surface area contributed by atoms with Gasteiger partial charge in [-0.3, -0.25) is 0 Å². The molecule has 0 aromatic rings. The highest BCUT2D eigenvalue weighted by Gasteiger charge is 2.32. The van der Waals surface area contributed by atoms with Gasteiger partial charge in [-0.15, -0.1) is 0 Å². The summed E-state index contributed by atoms with van der Waals surface area (Å²) in [6, 6.07) is 0. The van der Waals surface area contributed by atoms with Gasteiger partial charge in [-0.2, -0.15) is 0 Å². The SMILES string of the molecule is CCC(=CCNCC1(CO)CCCC1)C(=O)OC. The summed E-state index contributed by atoms with van der Waals surface area (Å²) in [4.78, 5) is 11.4. The van der Waals surface area contributed by atoms with Gasteiger partial charge in [0.05, 0.1) is 7.11 Å². The smallest absolute Gasteiger partial charge is 0.333 e. The third kappa shape index (κ3) is 4.10. The minimum atomic E-state index is -0.253. The van der Waals surface area contributed by atoms with E-state index in [4.69, 9.17) is 4.74 Å². The predicted octanol–water partition coefficient (Wildman–Crippen LogP) is 1.64. The Morgan fingerprint density at radius 1 is 1.44 bits per heavy atom. The normalized spacial score (nSPS) is 18.9. The summed E-state index contributed by atoms with van der Waals surface area (Å²) in [5, 5.41) is 12.8. The minimum absolute atomic E-state index is 0.0610. The fourth-order valence-electron chi connectivity index (χ4n) is 2.55. The first-order valence-electron chi connectivity index (χ1n) is 6.76. The summed E-state index contributed by atoms with van der Waals surface area (Å²) in [6.07, 6.45) is 7.17. The average Bonchev–Trinajstić information content (AvgIpc) is 2.87. The maximum atomic E-state index is 11.4. The van der Waals surface area contributed by atoms with Crippen LogP contribution in [0, 0.1) is 5.41 Å². The first kappa shape index (κ1) is 15.2. The topological polar surface area (TPSA) is 58.6 Å². The molecule has 4 heteroatoms. The van der Waals surface area contributed by atoms with Crippen molar-refractivity contribution in [3.8, 4) is 0 Å². The fourth-order valence-corrected chi connectivity index (χ4v) is 2.55. The lowest BCUT2D eigenvalue weighted by atomic mass is 9.87. The third-order valence-electron chi connectivity index (χ3n) is 3.82. The van der Waals surface area contributed by atoms with Gasteiger partial charge in [-0.25, -0.2) is 4.79 Å². The first-order chi connectivity index (χ1) is 8.67. The standard InChI is InChI=1S/C14H25NO3/c1-3-12(13(17)18-2)6-9-15-10-14(11-16)7-4-5-8-14/h6,15-16H,3-5,7-11H2,1-2H3. The number of carbonyl (C=O) groups is 1. The zero-order valence-corrected chi connectivity index (χ0v) is 11.5. The Morgan fingerprint density at radius 2 is 2.11 bits per heavy atom. The Hall–Kier alpha value is -0.870. The molecule has 0 saturated heterocycles. The molecule has 0 aromatic heterocycles. The van der Waals surface area contributed by atoms with Crippen molar-refractivity contribution in [2.75, 3.05) is 26.8 Å². The molecule has 2 N–H and O–H groups in total. The molecule has 0 amide bonds. The Kier molecular flexibility index (Phi) is 6.36. The largest absolute Gasteiger partial charge is 0.466 e. The van der Waals surface area contributed by atoms with E-state index in [1.165, 1.54) is 20.0 Å². The lowest BCUT2D eigenvalue weighted by molar-refractivity contribution is -0.136. The molecule has 18 heavy (non-hydrogen) atoms. The molecular weight excluding hydrogens is 230 g/mol. The number of esters is 1. The lowest BCUT2D eigenvalue weighted by Gasteiger charge is -2.26. The summed E-state index contributed by atoms with van der Waals surface area (Å²) >= 11 is 0. The number of hydrogen-bond acceptors (Lipinski definition) is 4. The summed E-state index contributed by atoms with van der Waals surface area (Å²) in [7, 11) is 1.40. The number of ether oxygens (including phenoxy) is 1. The molecule has 1 aliphatic carbocycles. The Labute approximate surface area is 109 Å². The summed E-state index contributed by atoms with van der Waals surface area (Å²) in [5.74, 6) is -0.253. The van der Waals surface area contributed by atoms with Gasteiger partial charge in [-0.05, 0) is 19.3 Å². The number of methoxy groups -OCH3 is 1. The first-order valence-corrected chi connectivity index (χ1v) is 6.76. The van der Waals surface area contributed by atoms with E-state index in [0.717, 1.165) is 19.4 Å². The monoisotopic (exact) mass is 255 g/mol. The van der Waals surface area contributed by atoms with E-state index in [0.29, 0.717) is 18.5 Å². The predicted molar refractivity (Wildman–Crippen MR) is 71.2 cm³/mol. The van der Waals surface area contributed by atoms with Crippen molar-refractivity contribution in [2.45, 2.75) is 39.0 Å². The maximum Gasteiger partial charge on any atom is 0.333 e. The Morgan fingerprint density at radius 3 is 2.61 bits per heavy atom. The van der Waals surface area contributed by atoms with Gasteiger partial charge in [-0.1, -0.05) is 25.8 Å². The molecule has 0 unspecified atom stereocenters. The van der Waals surface area contributed by atoms with Gasteiger partial charge >= 0.3 is 5.97 Å². The number of aliphatic hydroxyl groups is 1. The van der Waals surface area contributed by atoms with Crippen LogP contribution < -0.4 is 5.32 Å². The molecule has 1 saturated carbocycles. The number of rotatable bonds is 7. The van der Waals surface area contributed by atoms with Crippen molar-refractivity contribution >= 4 is 5.97 Å². The van der Waals surface area contributed by atoms with E-state index in [1.807, 2.05) is 13.0 Å². The molecule has 0 atom stereocenters. The van der Waals surface area contributed by atoms with E-state index in [1.54, 1.807) is 0 Å². The van der Waals surface area contributed by atoms with Crippen molar-refractivity contribution in [2.24, 2.45) is 5.41 Å². The zero-order chi connectivity index (χ0) is 13.4. The average molecular weight is 255 g/mol. The number of aliphatic hydroxyl groups excluding tert-OH is 1. The third-order valence-corrected chi connectivity index (χ3v) is 3.82. The molecule has 1 fully saturated rings. The van der Waals surface area contributed by atoms with E-state index < -0.39 is 0 Å². The van der Waals surface area contributed by atoms with Crippen LogP contribution in [0.5, 0.6) is 0 Å². The molecule has 104 valence electrons. The second kappa shape index (κ2) is 7.54.